The molecule has 0 aliphatic heterocycles. The second-order valence-corrected chi connectivity index (χ2v) is 6.38. The zero-order chi connectivity index (χ0) is 16.5. The summed E-state index contributed by atoms with van der Waals surface area (Å²) in [5.74, 6) is -0.227. The molecule has 2 amide bonds. The Kier molecular flexibility index (Phi) is 7.98. The summed E-state index contributed by atoms with van der Waals surface area (Å²) in [6.45, 7) is 7.52. The normalized spacial score (nSPS) is 11.0. The number of anilines is 1. The van der Waals surface area contributed by atoms with Gasteiger partial charge >= 0.3 is 0 Å². The Morgan fingerprint density at radius 2 is 2.00 bits per heavy atom. The van der Waals surface area contributed by atoms with Crippen molar-refractivity contribution in [2.24, 2.45) is 5.73 Å². The van der Waals surface area contributed by atoms with Gasteiger partial charge in [-0.2, -0.15) is 0 Å². The summed E-state index contributed by atoms with van der Waals surface area (Å²) < 4.78 is 0. The highest BCUT2D eigenvalue weighted by molar-refractivity contribution is 8.00. The Morgan fingerprint density at radius 3 is 2.59 bits per heavy atom. The van der Waals surface area contributed by atoms with Gasteiger partial charge in [-0.05, 0) is 38.9 Å². The number of amides is 2. The lowest BCUT2D eigenvalue weighted by atomic mass is 10.2. The van der Waals surface area contributed by atoms with E-state index in [4.69, 9.17) is 5.73 Å². The Labute approximate surface area is 136 Å². The molecule has 6 heteroatoms. The van der Waals surface area contributed by atoms with Crippen LogP contribution in [0.2, 0.25) is 0 Å². The van der Waals surface area contributed by atoms with Crippen LogP contribution in [-0.2, 0) is 9.59 Å². The number of rotatable bonds is 9. The Balaban J connectivity index is 2.69. The molecule has 0 atom stereocenters. The van der Waals surface area contributed by atoms with Gasteiger partial charge in [-0.15, -0.1) is 11.8 Å². The molecule has 5 nitrogen and oxygen atoms in total. The number of hydrogen-bond donors (Lipinski definition) is 2. The SMILES string of the molecule is CCCN(CC(=O)Nc1ccccc1SCC(N)=O)C(C)C. The number of nitrogens with two attached hydrogens (primary N) is 1. The molecule has 0 fully saturated rings. The molecule has 0 spiro atoms. The maximum atomic E-state index is 12.2. The van der Waals surface area contributed by atoms with E-state index >= 15 is 0 Å². The molecule has 1 aromatic carbocycles. The van der Waals surface area contributed by atoms with Crippen molar-refractivity contribution in [2.75, 3.05) is 24.2 Å². The molecule has 0 aliphatic rings. The van der Waals surface area contributed by atoms with Crippen molar-refractivity contribution in [3.63, 3.8) is 0 Å². The van der Waals surface area contributed by atoms with Crippen LogP contribution >= 0.6 is 11.8 Å². The summed E-state index contributed by atoms with van der Waals surface area (Å²) in [7, 11) is 0. The standard InChI is InChI=1S/C16H25N3O2S/c1-4-9-19(12(2)3)10-16(21)18-13-7-5-6-8-14(13)22-11-15(17)20/h5-8,12H,4,9-11H2,1-3H3,(H2,17,20)(H,18,21). The first-order valence-corrected chi connectivity index (χ1v) is 8.46. The third-order valence-electron chi connectivity index (χ3n) is 3.12. The van der Waals surface area contributed by atoms with Gasteiger partial charge in [0.15, 0.2) is 0 Å². The van der Waals surface area contributed by atoms with Crippen LogP contribution in [-0.4, -0.2) is 41.6 Å². The topological polar surface area (TPSA) is 75.4 Å². The van der Waals surface area contributed by atoms with Crippen molar-refractivity contribution in [1.29, 1.82) is 0 Å². The van der Waals surface area contributed by atoms with Gasteiger partial charge in [-0.1, -0.05) is 19.1 Å². The third kappa shape index (κ3) is 6.49. The summed E-state index contributed by atoms with van der Waals surface area (Å²) in [4.78, 5) is 26.1. The lowest BCUT2D eigenvalue weighted by Gasteiger charge is -2.25. The second kappa shape index (κ2) is 9.48. The van der Waals surface area contributed by atoms with Crippen molar-refractivity contribution < 1.29 is 9.59 Å². The maximum Gasteiger partial charge on any atom is 0.238 e. The minimum atomic E-state index is -0.375. The number of nitrogens with one attached hydrogen (secondary N) is 1. The van der Waals surface area contributed by atoms with Crippen LogP contribution in [0.4, 0.5) is 5.69 Å². The van der Waals surface area contributed by atoms with E-state index in [2.05, 4.69) is 31.0 Å². The number of benzene rings is 1. The van der Waals surface area contributed by atoms with Gasteiger partial charge in [0.05, 0.1) is 18.0 Å². The lowest BCUT2D eigenvalue weighted by molar-refractivity contribution is -0.118. The number of primary amides is 1. The number of hydrogen-bond acceptors (Lipinski definition) is 4. The molecule has 1 rings (SSSR count). The average molecular weight is 323 g/mol. The number of para-hydroxylation sites is 1. The lowest BCUT2D eigenvalue weighted by Crippen LogP contribution is -2.38. The molecule has 22 heavy (non-hydrogen) atoms. The molecule has 3 N–H and O–H groups in total. The maximum absolute atomic E-state index is 12.2. The van der Waals surface area contributed by atoms with Crippen LogP contribution < -0.4 is 11.1 Å². The monoisotopic (exact) mass is 323 g/mol. The molecule has 0 heterocycles. The van der Waals surface area contributed by atoms with Gasteiger partial charge < -0.3 is 11.1 Å². The van der Waals surface area contributed by atoms with Crippen LogP contribution in [0.15, 0.2) is 29.2 Å². The predicted octanol–water partition coefficient (Wildman–Crippen LogP) is 2.32. The van der Waals surface area contributed by atoms with Crippen LogP contribution in [0.3, 0.4) is 0 Å². The molecule has 0 bridgehead atoms. The minimum Gasteiger partial charge on any atom is -0.369 e. The molecular weight excluding hydrogens is 298 g/mol. The summed E-state index contributed by atoms with van der Waals surface area (Å²) in [6, 6.07) is 7.76. The Bertz CT molecular complexity index is 506. The number of carbonyl (C=O) groups is 2. The average Bonchev–Trinajstić information content (AvgIpc) is 2.45. The van der Waals surface area contributed by atoms with Gasteiger partial charge in [-0.25, -0.2) is 0 Å². The molecule has 0 saturated carbocycles. The molecular formula is C16H25N3O2S. The first-order chi connectivity index (χ1) is 10.4. The summed E-state index contributed by atoms with van der Waals surface area (Å²) in [5.41, 5.74) is 5.89. The fourth-order valence-electron chi connectivity index (χ4n) is 2.03. The van der Waals surface area contributed by atoms with E-state index in [9.17, 15) is 9.59 Å². The molecule has 0 aromatic heterocycles. The van der Waals surface area contributed by atoms with Crippen molar-refractivity contribution in [3.8, 4) is 0 Å². The van der Waals surface area contributed by atoms with Gasteiger partial charge in [0.1, 0.15) is 0 Å². The van der Waals surface area contributed by atoms with Crippen molar-refractivity contribution in [1.82, 2.24) is 4.90 Å². The van der Waals surface area contributed by atoms with Gasteiger partial charge in [0.25, 0.3) is 0 Å². The van der Waals surface area contributed by atoms with E-state index in [0.29, 0.717) is 12.6 Å². The summed E-state index contributed by atoms with van der Waals surface area (Å²) in [5, 5.41) is 2.92. The van der Waals surface area contributed by atoms with Crippen LogP contribution in [0.25, 0.3) is 0 Å². The largest absolute Gasteiger partial charge is 0.369 e. The number of nitrogens with zero attached hydrogens (tertiary/aromatic N) is 1. The highest BCUT2D eigenvalue weighted by atomic mass is 32.2. The van der Waals surface area contributed by atoms with E-state index in [-0.39, 0.29) is 17.6 Å². The number of carbonyl (C=O) groups excluding carboxylic acids is 2. The van der Waals surface area contributed by atoms with Crippen LogP contribution in [0.5, 0.6) is 0 Å². The highest BCUT2D eigenvalue weighted by Gasteiger charge is 2.14. The van der Waals surface area contributed by atoms with E-state index in [0.717, 1.165) is 23.5 Å². The van der Waals surface area contributed by atoms with E-state index in [1.54, 1.807) is 0 Å². The first-order valence-electron chi connectivity index (χ1n) is 7.48. The third-order valence-corrected chi connectivity index (χ3v) is 4.21. The second-order valence-electron chi connectivity index (χ2n) is 5.36. The fraction of sp³-hybridized carbons (Fsp3) is 0.500. The van der Waals surface area contributed by atoms with E-state index < -0.39 is 0 Å². The van der Waals surface area contributed by atoms with E-state index in [1.165, 1.54) is 11.8 Å². The van der Waals surface area contributed by atoms with Crippen LogP contribution in [0, 0.1) is 0 Å². The van der Waals surface area contributed by atoms with E-state index in [1.807, 2.05) is 24.3 Å². The summed E-state index contributed by atoms with van der Waals surface area (Å²) >= 11 is 1.33. The van der Waals surface area contributed by atoms with Crippen LogP contribution in [0.1, 0.15) is 27.2 Å². The van der Waals surface area contributed by atoms with Crippen molar-refractivity contribution in [2.45, 2.75) is 38.1 Å². The Hall–Kier alpha value is -1.53. The predicted molar refractivity (Wildman–Crippen MR) is 92.0 cm³/mol. The molecule has 1 aromatic rings. The zero-order valence-corrected chi connectivity index (χ0v) is 14.3. The first kappa shape index (κ1) is 18.5. The van der Waals surface area contributed by atoms with Gasteiger partial charge in [0.2, 0.25) is 11.8 Å². The number of thioether (sulfide) groups is 1. The molecule has 0 radical (unpaired) electrons. The smallest absolute Gasteiger partial charge is 0.238 e. The van der Waals surface area contributed by atoms with Gasteiger partial charge in [0, 0.05) is 10.9 Å². The molecule has 0 aliphatic carbocycles. The zero-order valence-electron chi connectivity index (χ0n) is 13.5. The highest BCUT2D eigenvalue weighted by Crippen LogP contribution is 2.26. The van der Waals surface area contributed by atoms with Crippen molar-refractivity contribution in [3.05, 3.63) is 24.3 Å². The quantitative estimate of drug-likeness (QED) is 0.684. The Morgan fingerprint density at radius 1 is 1.32 bits per heavy atom. The molecule has 0 unspecified atom stereocenters. The minimum absolute atomic E-state index is 0.0470. The molecule has 122 valence electrons. The summed E-state index contributed by atoms with van der Waals surface area (Å²) in [6.07, 6.45) is 1.01. The van der Waals surface area contributed by atoms with Crippen molar-refractivity contribution >= 4 is 29.3 Å². The molecule has 0 saturated heterocycles. The fourth-order valence-corrected chi connectivity index (χ4v) is 2.77. The van der Waals surface area contributed by atoms with Gasteiger partial charge in [-0.3, -0.25) is 14.5 Å².